The molecule has 0 saturated carbocycles. The number of fused-ring (bicyclic) bond motifs is 1. The quantitative estimate of drug-likeness (QED) is 0.556. The van der Waals surface area contributed by atoms with Gasteiger partial charge in [0, 0.05) is 18.5 Å². The summed E-state index contributed by atoms with van der Waals surface area (Å²) < 4.78 is 5.16. The summed E-state index contributed by atoms with van der Waals surface area (Å²) in [7, 11) is 2.01. The number of nitrogens with zero attached hydrogens (tertiary/aromatic N) is 4. The van der Waals surface area contributed by atoms with Gasteiger partial charge in [-0.3, -0.25) is 0 Å². The number of hydrogen-bond donors (Lipinski definition) is 0. The van der Waals surface area contributed by atoms with Crippen LogP contribution in [0, 0.1) is 6.92 Å². The van der Waals surface area contributed by atoms with Crippen LogP contribution >= 0.6 is 11.3 Å². The first-order chi connectivity index (χ1) is 11.7. The molecule has 0 amide bonds. The van der Waals surface area contributed by atoms with Gasteiger partial charge in [0.1, 0.15) is 17.3 Å². The van der Waals surface area contributed by atoms with Gasteiger partial charge in [-0.05, 0) is 30.5 Å². The molecule has 0 N–H and O–H groups in total. The zero-order valence-electron chi connectivity index (χ0n) is 13.4. The van der Waals surface area contributed by atoms with E-state index in [1.165, 1.54) is 0 Å². The van der Waals surface area contributed by atoms with Gasteiger partial charge in [-0.15, -0.1) is 11.3 Å². The van der Waals surface area contributed by atoms with Gasteiger partial charge in [0.25, 0.3) is 0 Å². The van der Waals surface area contributed by atoms with Gasteiger partial charge >= 0.3 is 0 Å². The van der Waals surface area contributed by atoms with Crippen LogP contribution in [0.5, 0.6) is 0 Å². The summed E-state index contributed by atoms with van der Waals surface area (Å²) in [6.07, 6.45) is 0. The fraction of sp³-hybridized carbons (Fsp3) is 0.167. The van der Waals surface area contributed by atoms with Crippen molar-refractivity contribution in [3.8, 4) is 10.7 Å². The highest BCUT2D eigenvalue weighted by molar-refractivity contribution is 7.13. The van der Waals surface area contributed by atoms with Crippen LogP contribution < -0.4 is 4.90 Å². The Balaban J connectivity index is 1.80. The van der Waals surface area contributed by atoms with E-state index in [0.717, 1.165) is 38.9 Å². The molecule has 3 heterocycles. The van der Waals surface area contributed by atoms with Gasteiger partial charge in [-0.1, -0.05) is 23.4 Å². The molecule has 0 saturated heterocycles. The van der Waals surface area contributed by atoms with Crippen molar-refractivity contribution in [2.24, 2.45) is 0 Å². The molecule has 0 spiro atoms. The van der Waals surface area contributed by atoms with E-state index in [2.05, 4.69) is 10.1 Å². The monoisotopic (exact) mass is 336 g/mol. The second-order valence-corrected chi connectivity index (χ2v) is 6.60. The topological polar surface area (TPSA) is 55.1 Å². The van der Waals surface area contributed by atoms with Crippen molar-refractivity contribution < 1.29 is 4.52 Å². The minimum atomic E-state index is 0.627. The summed E-state index contributed by atoms with van der Waals surface area (Å²) in [6, 6.07) is 14.1. The predicted molar refractivity (Wildman–Crippen MR) is 96.2 cm³/mol. The number of aryl methyl sites for hydroxylation is 1. The summed E-state index contributed by atoms with van der Waals surface area (Å²) in [4.78, 5) is 12.7. The Morgan fingerprint density at radius 3 is 2.75 bits per heavy atom. The van der Waals surface area contributed by atoms with Gasteiger partial charge in [0.05, 0.1) is 16.9 Å². The molecule has 3 aromatic heterocycles. The molecular formula is C18H16N4OS. The highest BCUT2D eigenvalue weighted by Crippen LogP contribution is 2.29. The summed E-state index contributed by atoms with van der Waals surface area (Å²) in [5.74, 6) is 2.46. The zero-order chi connectivity index (χ0) is 16.5. The summed E-state index contributed by atoms with van der Waals surface area (Å²) in [5, 5.41) is 7.14. The molecule has 6 heteroatoms. The van der Waals surface area contributed by atoms with E-state index in [-0.39, 0.29) is 0 Å². The second-order valence-electron chi connectivity index (χ2n) is 5.65. The predicted octanol–water partition coefficient (Wildman–Crippen LogP) is 4.29. The van der Waals surface area contributed by atoms with Crippen molar-refractivity contribution in [1.82, 2.24) is 15.1 Å². The van der Waals surface area contributed by atoms with E-state index in [9.17, 15) is 0 Å². The normalized spacial score (nSPS) is 11.1. The molecule has 4 aromatic rings. The molecule has 0 aliphatic heterocycles. The lowest BCUT2D eigenvalue weighted by atomic mass is 10.2. The SMILES string of the molecule is Cc1cc(CN(C)c2nc(-c3cccs3)nc3ccccc23)no1. The van der Waals surface area contributed by atoms with E-state index in [1.54, 1.807) is 11.3 Å². The standard InChI is InChI=1S/C18H16N4OS/c1-12-10-13(21-23-12)11-22(2)18-14-6-3-4-7-15(14)19-17(20-18)16-8-5-9-24-16/h3-10H,11H2,1-2H3. The lowest BCUT2D eigenvalue weighted by molar-refractivity contribution is 0.390. The number of para-hydroxylation sites is 1. The maximum atomic E-state index is 5.16. The molecule has 5 nitrogen and oxygen atoms in total. The summed E-state index contributed by atoms with van der Waals surface area (Å²) >= 11 is 1.64. The number of hydrogen-bond acceptors (Lipinski definition) is 6. The third-order valence-electron chi connectivity index (χ3n) is 3.76. The van der Waals surface area contributed by atoms with E-state index in [4.69, 9.17) is 14.5 Å². The first-order valence-electron chi connectivity index (χ1n) is 7.65. The molecule has 4 rings (SSSR count). The first kappa shape index (κ1) is 14.8. The fourth-order valence-electron chi connectivity index (χ4n) is 2.68. The van der Waals surface area contributed by atoms with Crippen molar-refractivity contribution in [2.75, 3.05) is 11.9 Å². The van der Waals surface area contributed by atoms with Gasteiger partial charge in [0.15, 0.2) is 5.82 Å². The van der Waals surface area contributed by atoms with Crippen molar-refractivity contribution in [3.05, 3.63) is 59.3 Å². The van der Waals surface area contributed by atoms with Gasteiger partial charge in [-0.25, -0.2) is 9.97 Å². The highest BCUT2D eigenvalue weighted by atomic mass is 32.1. The summed E-state index contributed by atoms with van der Waals surface area (Å²) in [6.45, 7) is 2.52. The van der Waals surface area contributed by atoms with E-state index < -0.39 is 0 Å². The fourth-order valence-corrected chi connectivity index (χ4v) is 3.33. The Hall–Kier alpha value is -2.73. The first-order valence-corrected chi connectivity index (χ1v) is 8.52. The van der Waals surface area contributed by atoms with Gasteiger partial charge < -0.3 is 9.42 Å². The number of anilines is 1. The average molecular weight is 336 g/mol. The third kappa shape index (κ3) is 2.76. The Kier molecular flexibility index (Phi) is 3.74. The van der Waals surface area contributed by atoms with Crippen molar-refractivity contribution in [3.63, 3.8) is 0 Å². The highest BCUT2D eigenvalue weighted by Gasteiger charge is 2.14. The average Bonchev–Trinajstić information content (AvgIpc) is 3.25. The minimum Gasteiger partial charge on any atom is -0.361 e. The summed E-state index contributed by atoms with van der Waals surface area (Å²) in [5.41, 5.74) is 1.82. The molecule has 0 aliphatic carbocycles. The molecule has 24 heavy (non-hydrogen) atoms. The molecule has 0 aliphatic rings. The number of thiophene rings is 1. The number of rotatable bonds is 4. The maximum absolute atomic E-state index is 5.16. The molecule has 120 valence electrons. The van der Waals surface area contributed by atoms with Crippen LogP contribution in [-0.2, 0) is 6.54 Å². The molecule has 0 unspecified atom stereocenters. The minimum absolute atomic E-state index is 0.627. The zero-order valence-corrected chi connectivity index (χ0v) is 14.2. The van der Waals surface area contributed by atoms with Crippen molar-refractivity contribution in [1.29, 1.82) is 0 Å². The number of aromatic nitrogens is 3. The van der Waals surface area contributed by atoms with Crippen molar-refractivity contribution >= 4 is 28.1 Å². The Bertz CT molecular complexity index is 978. The Labute approximate surface area is 143 Å². The van der Waals surface area contributed by atoms with Crippen LogP contribution in [-0.4, -0.2) is 22.2 Å². The van der Waals surface area contributed by atoms with E-state index in [0.29, 0.717) is 6.54 Å². The van der Waals surface area contributed by atoms with Crippen LogP contribution in [0.15, 0.2) is 52.4 Å². The third-order valence-corrected chi connectivity index (χ3v) is 4.63. The van der Waals surface area contributed by atoms with Crippen LogP contribution in [0.25, 0.3) is 21.6 Å². The largest absolute Gasteiger partial charge is 0.361 e. The molecular weight excluding hydrogens is 320 g/mol. The second kappa shape index (κ2) is 6.05. The molecule has 1 aromatic carbocycles. The Morgan fingerprint density at radius 1 is 1.12 bits per heavy atom. The van der Waals surface area contributed by atoms with Crippen LogP contribution in [0.2, 0.25) is 0 Å². The van der Waals surface area contributed by atoms with Crippen LogP contribution in [0.1, 0.15) is 11.5 Å². The molecule has 0 radical (unpaired) electrons. The lowest BCUT2D eigenvalue weighted by Crippen LogP contribution is -2.19. The molecule has 0 atom stereocenters. The smallest absolute Gasteiger partial charge is 0.172 e. The van der Waals surface area contributed by atoms with Gasteiger partial charge in [0.2, 0.25) is 0 Å². The maximum Gasteiger partial charge on any atom is 0.172 e. The van der Waals surface area contributed by atoms with Crippen LogP contribution in [0.4, 0.5) is 5.82 Å². The van der Waals surface area contributed by atoms with Crippen LogP contribution in [0.3, 0.4) is 0 Å². The van der Waals surface area contributed by atoms with E-state index in [1.807, 2.05) is 61.8 Å². The van der Waals surface area contributed by atoms with E-state index >= 15 is 0 Å². The molecule has 0 bridgehead atoms. The molecule has 0 fully saturated rings. The van der Waals surface area contributed by atoms with Crippen molar-refractivity contribution in [2.45, 2.75) is 13.5 Å². The Morgan fingerprint density at radius 2 is 2.00 bits per heavy atom. The number of benzene rings is 1. The lowest BCUT2D eigenvalue weighted by Gasteiger charge is -2.19. The van der Waals surface area contributed by atoms with Gasteiger partial charge in [-0.2, -0.15) is 0 Å².